The second-order valence-corrected chi connectivity index (χ2v) is 6.13. The number of para-hydroxylation sites is 2. The molecule has 120 valence electrons. The van der Waals surface area contributed by atoms with Gasteiger partial charge in [0.2, 0.25) is 0 Å². The lowest BCUT2D eigenvalue weighted by Gasteiger charge is -2.25. The smallest absolute Gasteiger partial charge is 0.257 e. The Hall–Kier alpha value is -2.07. The summed E-state index contributed by atoms with van der Waals surface area (Å²) in [6.45, 7) is 2.07. The van der Waals surface area contributed by atoms with Gasteiger partial charge in [0.15, 0.2) is 0 Å². The highest BCUT2D eigenvalue weighted by atomic mass is 35.5. The van der Waals surface area contributed by atoms with Gasteiger partial charge in [0, 0.05) is 19.3 Å². The van der Waals surface area contributed by atoms with Gasteiger partial charge in [-0.05, 0) is 37.1 Å². The minimum atomic E-state index is -0.170. The maximum atomic E-state index is 12.4. The summed E-state index contributed by atoms with van der Waals surface area (Å²) in [5.41, 5.74) is 2.43. The maximum Gasteiger partial charge on any atom is 0.257 e. The molecule has 1 aromatic carbocycles. The molecule has 1 saturated heterocycles. The molecular formula is C18H20ClN3O. The third kappa shape index (κ3) is 4.02. The molecule has 0 atom stereocenters. The summed E-state index contributed by atoms with van der Waals surface area (Å²) >= 11 is 5.77. The van der Waals surface area contributed by atoms with Crippen molar-refractivity contribution in [2.75, 3.05) is 23.3 Å². The van der Waals surface area contributed by atoms with Crippen LogP contribution in [0.25, 0.3) is 0 Å². The van der Waals surface area contributed by atoms with E-state index in [9.17, 15) is 4.79 Å². The Morgan fingerprint density at radius 1 is 1.04 bits per heavy atom. The van der Waals surface area contributed by atoms with E-state index in [-0.39, 0.29) is 5.91 Å². The van der Waals surface area contributed by atoms with Crippen LogP contribution in [0.2, 0.25) is 5.15 Å². The average molecular weight is 330 g/mol. The van der Waals surface area contributed by atoms with E-state index in [2.05, 4.69) is 21.3 Å². The van der Waals surface area contributed by atoms with Gasteiger partial charge >= 0.3 is 0 Å². The molecule has 0 unspecified atom stereocenters. The molecule has 0 aliphatic carbocycles. The molecule has 0 bridgehead atoms. The number of nitrogens with zero attached hydrogens (tertiary/aromatic N) is 2. The number of amides is 1. The first kappa shape index (κ1) is 15.8. The summed E-state index contributed by atoms with van der Waals surface area (Å²) in [6.07, 6.45) is 6.45. The fourth-order valence-electron chi connectivity index (χ4n) is 2.87. The number of pyridine rings is 1. The summed E-state index contributed by atoms with van der Waals surface area (Å²) in [5, 5.41) is 3.38. The standard InChI is InChI=1S/C18H20ClN3O/c19-17-10-9-14(13-20-17)18(23)21-15-7-3-4-8-16(15)22-11-5-1-2-6-12-22/h3-4,7-10,13H,1-2,5-6,11-12H2,(H,21,23). The largest absolute Gasteiger partial charge is 0.370 e. The number of anilines is 2. The minimum absolute atomic E-state index is 0.170. The van der Waals surface area contributed by atoms with Crippen LogP contribution in [0, 0.1) is 0 Å². The number of aromatic nitrogens is 1. The molecule has 1 aliphatic heterocycles. The normalized spacial score (nSPS) is 15.1. The van der Waals surface area contributed by atoms with Crippen LogP contribution in [0.4, 0.5) is 11.4 Å². The van der Waals surface area contributed by atoms with Crippen molar-refractivity contribution < 1.29 is 4.79 Å². The monoisotopic (exact) mass is 329 g/mol. The van der Waals surface area contributed by atoms with Gasteiger partial charge in [0.05, 0.1) is 16.9 Å². The Balaban J connectivity index is 1.79. The number of nitrogens with one attached hydrogen (secondary N) is 1. The fraction of sp³-hybridized carbons (Fsp3) is 0.333. The lowest BCUT2D eigenvalue weighted by atomic mass is 10.2. The molecule has 1 N–H and O–H groups in total. The fourth-order valence-corrected chi connectivity index (χ4v) is 2.98. The first-order valence-corrected chi connectivity index (χ1v) is 8.39. The molecule has 1 fully saturated rings. The predicted molar refractivity (Wildman–Crippen MR) is 94.3 cm³/mol. The number of benzene rings is 1. The van der Waals surface area contributed by atoms with Crippen LogP contribution in [0.3, 0.4) is 0 Å². The second-order valence-electron chi connectivity index (χ2n) is 5.74. The highest BCUT2D eigenvalue weighted by Crippen LogP contribution is 2.28. The van der Waals surface area contributed by atoms with Crippen LogP contribution in [-0.4, -0.2) is 24.0 Å². The molecule has 2 heterocycles. The first-order chi connectivity index (χ1) is 11.2. The number of carbonyl (C=O) groups excluding carboxylic acids is 1. The van der Waals surface area contributed by atoms with Crippen molar-refractivity contribution in [3.05, 3.63) is 53.3 Å². The van der Waals surface area contributed by atoms with E-state index in [1.54, 1.807) is 12.1 Å². The minimum Gasteiger partial charge on any atom is -0.370 e. The lowest BCUT2D eigenvalue weighted by molar-refractivity contribution is 0.102. The molecule has 0 saturated carbocycles. The van der Waals surface area contributed by atoms with Gasteiger partial charge in [-0.3, -0.25) is 4.79 Å². The zero-order valence-corrected chi connectivity index (χ0v) is 13.7. The van der Waals surface area contributed by atoms with Crippen LogP contribution in [0.5, 0.6) is 0 Å². The average Bonchev–Trinajstić information content (AvgIpc) is 2.85. The zero-order chi connectivity index (χ0) is 16.1. The molecular weight excluding hydrogens is 310 g/mol. The van der Waals surface area contributed by atoms with Gasteiger partial charge in [0.1, 0.15) is 5.15 Å². The Morgan fingerprint density at radius 2 is 1.78 bits per heavy atom. The van der Waals surface area contributed by atoms with Crippen LogP contribution in [-0.2, 0) is 0 Å². The van der Waals surface area contributed by atoms with Crippen molar-refractivity contribution in [2.45, 2.75) is 25.7 Å². The van der Waals surface area contributed by atoms with Gasteiger partial charge < -0.3 is 10.2 Å². The van der Waals surface area contributed by atoms with E-state index >= 15 is 0 Å². The molecule has 1 aliphatic rings. The first-order valence-electron chi connectivity index (χ1n) is 8.01. The number of hydrogen-bond donors (Lipinski definition) is 1. The van der Waals surface area contributed by atoms with E-state index < -0.39 is 0 Å². The van der Waals surface area contributed by atoms with Crippen LogP contribution >= 0.6 is 11.6 Å². The second kappa shape index (κ2) is 7.47. The predicted octanol–water partition coefficient (Wildman–Crippen LogP) is 4.37. The number of rotatable bonds is 3. The highest BCUT2D eigenvalue weighted by Gasteiger charge is 2.15. The van der Waals surface area contributed by atoms with E-state index in [0.29, 0.717) is 10.7 Å². The Labute approximate surface area is 141 Å². The SMILES string of the molecule is O=C(Nc1ccccc1N1CCCCCC1)c1ccc(Cl)nc1. The lowest BCUT2D eigenvalue weighted by Crippen LogP contribution is -2.25. The van der Waals surface area contributed by atoms with Gasteiger partial charge in [-0.15, -0.1) is 0 Å². The topological polar surface area (TPSA) is 45.2 Å². The summed E-state index contributed by atoms with van der Waals surface area (Å²) in [7, 11) is 0. The summed E-state index contributed by atoms with van der Waals surface area (Å²) in [6, 6.07) is 11.3. The maximum absolute atomic E-state index is 12.4. The molecule has 4 nitrogen and oxygen atoms in total. The molecule has 1 aromatic heterocycles. The van der Waals surface area contributed by atoms with E-state index in [1.165, 1.54) is 31.9 Å². The molecule has 0 spiro atoms. The van der Waals surface area contributed by atoms with Crippen LogP contribution in [0.15, 0.2) is 42.6 Å². The van der Waals surface area contributed by atoms with Crippen molar-refractivity contribution in [3.63, 3.8) is 0 Å². The van der Waals surface area contributed by atoms with Gasteiger partial charge in [-0.1, -0.05) is 36.6 Å². The van der Waals surface area contributed by atoms with Crippen molar-refractivity contribution in [1.82, 2.24) is 4.98 Å². The van der Waals surface area contributed by atoms with E-state index in [1.807, 2.05) is 18.2 Å². The molecule has 2 aromatic rings. The molecule has 3 rings (SSSR count). The van der Waals surface area contributed by atoms with Crippen LogP contribution < -0.4 is 10.2 Å². The van der Waals surface area contributed by atoms with E-state index in [4.69, 9.17) is 11.6 Å². The van der Waals surface area contributed by atoms with E-state index in [0.717, 1.165) is 24.5 Å². The van der Waals surface area contributed by atoms with Gasteiger partial charge in [0.25, 0.3) is 5.91 Å². The third-order valence-corrected chi connectivity index (χ3v) is 4.31. The van der Waals surface area contributed by atoms with Gasteiger partial charge in [-0.25, -0.2) is 4.98 Å². The van der Waals surface area contributed by atoms with Crippen molar-refractivity contribution >= 4 is 28.9 Å². The molecule has 0 radical (unpaired) electrons. The number of halogens is 1. The highest BCUT2D eigenvalue weighted by molar-refractivity contribution is 6.29. The van der Waals surface area contributed by atoms with Crippen LogP contribution in [0.1, 0.15) is 36.0 Å². The zero-order valence-electron chi connectivity index (χ0n) is 13.0. The van der Waals surface area contributed by atoms with Crippen molar-refractivity contribution in [3.8, 4) is 0 Å². The summed E-state index contributed by atoms with van der Waals surface area (Å²) < 4.78 is 0. The number of carbonyl (C=O) groups is 1. The van der Waals surface area contributed by atoms with Gasteiger partial charge in [-0.2, -0.15) is 0 Å². The summed E-state index contributed by atoms with van der Waals surface area (Å²) in [5.74, 6) is -0.170. The quantitative estimate of drug-likeness (QED) is 0.850. The summed E-state index contributed by atoms with van der Waals surface area (Å²) in [4.78, 5) is 18.7. The number of hydrogen-bond acceptors (Lipinski definition) is 3. The molecule has 23 heavy (non-hydrogen) atoms. The molecule has 5 heteroatoms. The molecule has 1 amide bonds. The third-order valence-electron chi connectivity index (χ3n) is 4.09. The Kier molecular flexibility index (Phi) is 5.13. The van der Waals surface area contributed by atoms with Crippen molar-refractivity contribution in [1.29, 1.82) is 0 Å². The van der Waals surface area contributed by atoms with Crippen molar-refractivity contribution in [2.24, 2.45) is 0 Å². The Bertz CT molecular complexity index is 664. The Morgan fingerprint density at radius 3 is 2.48 bits per heavy atom.